The molecule has 1 aromatic carbocycles. The number of alkyl halides is 1. The maximum absolute atomic E-state index is 16.3. The summed E-state index contributed by atoms with van der Waals surface area (Å²) in [6.45, 7) is 3.80. The molecule has 0 bridgehead atoms. The normalized spacial score (nSPS) is 31.7. The Balaban J connectivity index is 1.90. The highest BCUT2D eigenvalue weighted by Crippen LogP contribution is 2.70. The molecule has 0 radical (unpaired) electrons. The van der Waals surface area contributed by atoms with Crippen LogP contribution in [0.3, 0.4) is 0 Å². The first-order valence-corrected chi connectivity index (χ1v) is 12.1. The minimum absolute atomic E-state index is 0.0230. The molecule has 3 unspecified atom stereocenters. The Kier molecular flexibility index (Phi) is 4.44. The highest BCUT2D eigenvalue weighted by molar-refractivity contribution is 7.64. The van der Waals surface area contributed by atoms with Crippen molar-refractivity contribution in [1.82, 2.24) is 4.90 Å². The van der Waals surface area contributed by atoms with Gasteiger partial charge < -0.3 is 15.2 Å². The second kappa shape index (κ2) is 6.42. The molecule has 2 aliphatic carbocycles. The summed E-state index contributed by atoms with van der Waals surface area (Å²) >= 11 is 0. The van der Waals surface area contributed by atoms with Crippen LogP contribution in [-0.2, 0) is 9.36 Å². The highest BCUT2D eigenvalue weighted by Gasteiger charge is 2.63. The molecule has 1 heterocycles. The fourth-order valence-corrected chi connectivity index (χ4v) is 7.43. The van der Waals surface area contributed by atoms with Crippen molar-refractivity contribution in [2.45, 2.75) is 36.6 Å². The van der Waals surface area contributed by atoms with Gasteiger partial charge >= 0.3 is 0 Å². The van der Waals surface area contributed by atoms with Crippen LogP contribution in [0.4, 0.5) is 4.39 Å². The van der Waals surface area contributed by atoms with Crippen LogP contribution in [0.25, 0.3) is 5.57 Å². The van der Waals surface area contributed by atoms with Gasteiger partial charge in [-0.2, -0.15) is 0 Å². The second-order valence-corrected chi connectivity index (χ2v) is 11.7. The molecule has 3 atom stereocenters. The zero-order valence-electron chi connectivity index (χ0n) is 15.8. The molecule has 4 nitrogen and oxygen atoms in total. The van der Waals surface area contributed by atoms with Crippen molar-refractivity contribution in [3.63, 3.8) is 0 Å². The van der Waals surface area contributed by atoms with Gasteiger partial charge in [-0.1, -0.05) is 36.4 Å². The summed E-state index contributed by atoms with van der Waals surface area (Å²) in [6.07, 6.45) is 4.33. The van der Waals surface area contributed by atoms with Crippen molar-refractivity contribution in [3.05, 3.63) is 53.7 Å². The van der Waals surface area contributed by atoms with Gasteiger partial charge in [0.15, 0.2) is 6.17 Å². The molecular formula is C21H26FN2O2P. The molecule has 1 amide bonds. The first kappa shape index (κ1) is 18.6. The van der Waals surface area contributed by atoms with E-state index < -0.39 is 24.5 Å². The number of hydrogen-bond acceptors (Lipinski definition) is 3. The number of rotatable bonds is 4. The predicted molar refractivity (Wildman–Crippen MR) is 107 cm³/mol. The summed E-state index contributed by atoms with van der Waals surface area (Å²) in [4.78, 5) is 13.9. The molecule has 144 valence electrons. The zero-order valence-corrected chi connectivity index (χ0v) is 16.7. The molecule has 1 saturated carbocycles. The fraction of sp³-hybridized carbons (Fsp3) is 0.476. The number of halogens is 1. The van der Waals surface area contributed by atoms with Gasteiger partial charge in [-0.15, -0.1) is 0 Å². The van der Waals surface area contributed by atoms with Crippen molar-refractivity contribution >= 4 is 18.6 Å². The van der Waals surface area contributed by atoms with Gasteiger partial charge in [-0.3, -0.25) is 4.79 Å². The molecule has 3 aliphatic rings. The Hall–Kier alpha value is -1.71. The molecule has 0 aromatic heterocycles. The van der Waals surface area contributed by atoms with Crippen LogP contribution >= 0.6 is 7.14 Å². The van der Waals surface area contributed by atoms with Crippen molar-refractivity contribution in [1.29, 1.82) is 0 Å². The standard InChI is InChI=1S/C21H26FN2O2P/c1-27(2,26)21(15-8-9-15)16(14-6-4-3-5-7-14)10-11-18(19(21)22)24-13-12-17(23)20(24)25/h3-7,10-11,15,17,19H,8-9,12-13,23H2,1-2H3. The van der Waals surface area contributed by atoms with Crippen molar-refractivity contribution in [2.24, 2.45) is 11.7 Å². The van der Waals surface area contributed by atoms with Crippen LogP contribution in [0, 0.1) is 5.92 Å². The highest BCUT2D eigenvalue weighted by atomic mass is 31.2. The number of carbonyl (C=O) groups is 1. The van der Waals surface area contributed by atoms with Crippen LogP contribution in [0.2, 0.25) is 0 Å². The summed E-state index contributed by atoms with van der Waals surface area (Å²) in [5.41, 5.74) is 7.87. The van der Waals surface area contributed by atoms with Crippen LogP contribution in [0.1, 0.15) is 24.8 Å². The minimum Gasteiger partial charge on any atom is -0.323 e. The summed E-state index contributed by atoms with van der Waals surface area (Å²) in [5, 5.41) is -1.09. The lowest BCUT2D eigenvalue weighted by Gasteiger charge is -2.46. The second-order valence-electron chi connectivity index (χ2n) is 8.24. The molecule has 27 heavy (non-hydrogen) atoms. The van der Waals surface area contributed by atoms with E-state index in [-0.39, 0.29) is 11.8 Å². The quantitative estimate of drug-likeness (QED) is 0.801. The Bertz CT molecular complexity index is 871. The fourth-order valence-electron chi connectivity index (χ4n) is 4.83. The van der Waals surface area contributed by atoms with Crippen LogP contribution in [-0.4, -0.2) is 48.1 Å². The molecule has 1 aliphatic heterocycles. The maximum atomic E-state index is 16.3. The van der Waals surface area contributed by atoms with Gasteiger partial charge in [-0.05, 0) is 55.7 Å². The molecule has 0 spiro atoms. The van der Waals surface area contributed by atoms with E-state index in [1.807, 2.05) is 36.4 Å². The lowest BCUT2D eigenvalue weighted by molar-refractivity contribution is -0.127. The molecule has 6 heteroatoms. The van der Waals surface area contributed by atoms with E-state index in [1.165, 1.54) is 4.90 Å². The molecule has 4 rings (SSSR count). The topological polar surface area (TPSA) is 63.4 Å². The van der Waals surface area contributed by atoms with E-state index >= 15 is 4.39 Å². The third-order valence-corrected chi connectivity index (χ3v) is 8.85. The third kappa shape index (κ3) is 2.75. The number of nitrogens with two attached hydrogens (primary N) is 1. The van der Waals surface area contributed by atoms with Gasteiger partial charge in [0.05, 0.1) is 24.0 Å². The maximum Gasteiger partial charge on any atom is 0.243 e. The van der Waals surface area contributed by atoms with Crippen molar-refractivity contribution < 1.29 is 13.8 Å². The Morgan fingerprint density at radius 3 is 2.33 bits per heavy atom. The van der Waals surface area contributed by atoms with Gasteiger partial charge in [-0.25, -0.2) is 4.39 Å². The number of hydrogen-bond donors (Lipinski definition) is 1. The van der Waals surface area contributed by atoms with E-state index in [0.29, 0.717) is 18.7 Å². The van der Waals surface area contributed by atoms with Crippen LogP contribution in [0.5, 0.6) is 0 Å². The first-order valence-electron chi connectivity index (χ1n) is 9.52. The Morgan fingerprint density at radius 2 is 1.81 bits per heavy atom. The molecule has 1 saturated heterocycles. The lowest BCUT2D eigenvalue weighted by atomic mass is 9.79. The summed E-state index contributed by atoms with van der Waals surface area (Å²) in [5.74, 6) is -0.220. The van der Waals surface area contributed by atoms with Crippen LogP contribution < -0.4 is 5.73 Å². The lowest BCUT2D eigenvalue weighted by Crippen LogP contribution is -2.49. The van der Waals surface area contributed by atoms with Gasteiger partial charge in [0, 0.05) is 6.54 Å². The van der Waals surface area contributed by atoms with Gasteiger partial charge in [0.25, 0.3) is 0 Å². The van der Waals surface area contributed by atoms with Crippen LogP contribution in [0.15, 0.2) is 48.2 Å². The van der Waals surface area contributed by atoms with Crippen molar-refractivity contribution in [3.8, 4) is 0 Å². The number of allylic oxidation sites excluding steroid dienone is 4. The number of nitrogens with zero attached hydrogens (tertiary/aromatic N) is 1. The van der Waals surface area contributed by atoms with E-state index in [0.717, 1.165) is 24.0 Å². The summed E-state index contributed by atoms with van der Waals surface area (Å²) in [6, 6.07) is 9.06. The average molecular weight is 388 g/mol. The largest absolute Gasteiger partial charge is 0.323 e. The number of benzene rings is 1. The predicted octanol–water partition coefficient (Wildman–Crippen LogP) is 3.64. The Labute approximate surface area is 159 Å². The number of carbonyl (C=O) groups excluding carboxylic acids is 1. The average Bonchev–Trinajstić information content (AvgIpc) is 3.42. The Morgan fingerprint density at radius 1 is 1.15 bits per heavy atom. The summed E-state index contributed by atoms with van der Waals surface area (Å²) in [7, 11) is -2.91. The minimum atomic E-state index is -2.91. The summed E-state index contributed by atoms with van der Waals surface area (Å²) < 4.78 is 30.0. The monoisotopic (exact) mass is 388 g/mol. The van der Waals surface area contributed by atoms with E-state index in [4.69, 9.17) is 5.73 Å². The van der Waals surface area contributed by atoms with Gasteiger partial charge in [0.1, 0.15) is 0 Å². The van der Waals surface area contributed by atoms with Crippen molar-refractivity contribution in [2.75, 3.05) is 19.9 Å². The van der Waals surface area contributed by atoms with Gasteiger partial charge in [0.2, 0.25) is 5.91 Å². The number of amides is 1. The van der Waals surface area contributed by atoms with E-state index in [1.54, 1.807) is 19.4 Å². The van der Waals surface area contributed by atoms with E-state index in [9.17, 15) is 9.36 Å². The smallest absolute Gasteiger partial charge is 0.243 e. The molecule has 2 fully saturated rings. The molecule has 2 N–H and O–H groups in total. The SMILES string of the molecule is CP(C)(=O)C1(C2CC2)C(c2ccccc2)=CC=C(N2CCC(N)C2=O)C1F. The molecule has 1 aromatic rings. The van der Waals surface area contributed by atoms with E-state index in [2.05, 4.69) is 0 Å². The molecular weight excluding hydrogens is 362 g/mol. The third-order valence-electron chi connectivity index (χ3n) is 6.23. The number of likely N-dealkylation sites (tertiary alicyclic amines) is 1. The zero-order chi connectivity index (χ0) is 19.4. The first-order chi connectivity index (χ1) is 12.8.